The zero-order chi connectivity index (χ0) is 19.4. The predicted molar refractivity (Wildman–Crippen MR) is 111 cm³/mol. The highest BCUT2D eigenvalue weighted by molar-refractivity contribution is 9.10. The van der Waals surface area contributed by atoms with Crippen molar-refractivity contribution in [1.29, 1.82) is 0 Å². The number of carbonyl (C=O) groups excluding carboxylic acids is 2. The Balaban J connectivity index is 1.97. The fraction of sp³-hybridized carbons (Fsp3) is 0.158. The fourth-order valence-electron chi connectivity index (χ4n) is 2.36. The lowest BCUT2D eigenvalue weighted by Gasteiger charge is -2.13. The van der Waals surface area contributed by atoms with Crippen LogP contribution in [0.5, 0.6) is 0 Å². The van der Waals surface area contributed by atoms with E-state index < -0.39 is 11.3 Å². The summed E-state index contributed by atoms with van der Waals surface area (Å²) in [5.74, 6) is 0.204. The van der Waals surface area contributed by atoms with Crippen LogP contribution in [0, 0.1) is 0 Å². The number of para-hydroxylation sites is 1. The molecule has 3 amide bonds. The molecule has 0 spiro atoms. The normalized spacial score (nSPS) is 11.8. The molecule has 0 saturated heterocycles. The van der Waals surface area contributed by atoms with E-state index in [0.29, 0.717) is 10.9 Å². The van der Waals surface area contributed by atoms with Crippen LogP contribution in [0.4, 0.5) is 4.79 Å². The number of nitrogens with zero attached hydrogens (tertiary/aromatic N) is 2. The van der Waals surface area contributed by atoms with Gasteiger partial charge in [-0.15, -0.1) is 0 Å². The minimum absolute atomic E-state index is 0.382. The van der Waals surface area contributed by atoms with Gasteiger partial charge in [0, 0.05) is 22.5 Å². The number of aromatic nitrogens is 2. The first kappa shape index (κ1) is 19.3. The lowest BCUT2D eigenvalue weighted by atomic mass is 10.2. The number of amides is 3. The number of hydrogen-bond acceptors (Lipinski definition) is 5. The summed E-state index contributed by atoms with van der Waals surface area (Å²) < 4.78 is 0.973. The Morgan fingerprint density at radius 1 is 1.07 bits per heavy atom. The summed E-state index contributed by atoms with van der Waals surface area (Å²) in [7, 11) is 1.46. The number of carbonyl (C=O) groups is 2. The maximum absolute atomic E-state index is 12.2. The Hall–Kier alpha value is -2.45. The van der Waals surface area contributed by atoms with Crippen molar-refractivity contribution < 1.29 is 9.59 Å². The molecule has 0 aliphatic carbocycles. The van der Waals surface area contributed by atoms with Crippen LogP contribution in [0.25, 0.3) is 22.3 Å². The molecule has 3 rings (SSSR count). The van der Waals surface area contributed by atoms with E-state index in [9.17, 15) is 9.59 Å². The average Bonchev–Trinajstić information content (AvgIpc) is 2.68. The zero-order valence-corrected chi connectivity index (χ0v) is 17.1. The first-order valence-corrected chi connectivity index (χ1v) is 9.87. The summed E-state index contributed by atoms with van der Waals surface area (Å²) in [5, 5.41) is 5.72. The first-order chi connectivity index (χ1) is 13.0. The number of thioether (sulfide) groups is 1. The number of imide groups is 1. The molecule has 1 aromatic heterocycles. The molecule has 1 unspecified atom stereocenters. The maximum atomic E-state index is 12.2. The number of nitrogens with one attached hydrogen (secondary N) is 2. The van der Waals surface area contributed by atoms with E-state index in [4.69, 9.17) is 0 Å². The van der Waals surface area contributed by atoms with Crippen molar-refractivity contribution in [2.45, 2.75) is 17.2 Å². The molecule has 0 fully saturated rings. The minimum Gasteiger partial charge on any atom is -0.341 e. The Morgan fingerprint density at radius 2 is 1.78 bits per heavy atom. The van der Waals surface area contributed by atoms with Crippen molar-refractivity contribution in [3.63, 3.8) is 0 Å². The van der Waals surface area contributed by atoms with E-state index in [2.05, 4.69) is 36.5 Å². The number of rotatable bonds is 4. The molecular weight excluding hydrogens is 428 g/mol. The Bertz CT molecular complexity index is 995. The highest BCUT2D eigenvalue weighted by Crippen LogP contribution is 2.31. The van der Waals surface area contributed by atoms with Crippen molar-refractivity contribution >= 4 is 50.5 Å². The molecule has 1 atom stereocenters. The van der Waals surface area contributed by atoms with E-state index in [1.165, 1.54) is 18.8 Å². The van der Waals surface area contributed by atoms with Crippen molar-refractivity contribution in [3.8, 4) is 11.4 Å². The highest BCUT2D eigenvalue weighted by Gasteiger charge is 2.19. The lowest BCUT2D eigenvalue weighted by Crippen LogP contribution is -2.41. The van der Waals surface area contributed by atoms with Crippen molar-refractivity contribution in [2.75, 3.05) is 7.05 Å². The van der Waals surface area contributed by atoms with Gasteiger partial charge in [0.25, 0.3) is 0 Å². The number of hydrogen-bond donors (Lipinski definition) is 2. The average molecular weight is 445 g/mol. The molecule has 0 radical (unpaired) electrons. The maximum Gasteiger partial charge on any atom is 0.321 e. The molecule has 2 aromatic carbocycles. The second-order valence-corrected chi connectivity index (χ2v) is 7.95. The molecule has 0 bridgehead atoms. The smallest absolute Gasteiger partial charge is 0.321 e. The van der Waals surface area contributed by atoms with Crippen LogP contribution in [-0.4, -0.2) is 34.2 Å². The minimum atomic E-state index is -0.532. The summed E-state index contributed by atoms with van der Waals surface area (Å²) >= 11 is 4.72. The highest BCUT2D eigenvalue weighted by atomic mass is 79.9. The van der Waals surface area contributed by atoms with Crippen LogP contribution in [-0.2, 0) is 4.79 Å². The number of fused-ring (bicyclic) bond motifs is 1. The third kappa shape index (κ3) is 4.64. The van der Waals surface area contributed by atoms with Gasteiger partial charge in [-0.05, 0) is 25.1 Å². The molecule has 2 N–H and O–H groups in total. The van der Waals surface area contributed by atoms with Crippen LogP contribution in [0.1, 0.15) is 6.92 Å². The topological polar surface area (TPSA) is 84.0 Å². The Morgan fingerprint density at radius 3 is 2.48 bits per heavy atom. The van der Waals surface area contributed by atoms with Gasteiger partial charge < -0.3 is 5.32 Å². The quantitative estimate of drug-likeness (QED) is 0.469. The SMILES string of the molecule is CNC(=O)NC(=O)C(C)Sc1nc(-c2ccc(Br)cc2)nc2ccccc12. The number of halogens is 1. The molecule has 0 aliphatic rings. The van der Waals surface area contributed by atoms with E-state index >= 15 is 0 Å². The predicted octanol–water partition coefficient (Wildman–Crippen LogP) is 4.00. The molecule has 1 heterocycles. The van der Waals surface area contributed by atoms with E-state index in [1.807, 2.05) is 48.5 Å². The summed E-state index contributed by atoms with van der Waals surface area (Å²) in [6.07, 6.45) is 0. The molecule has 6 nitrogen and oxygen atoms in total. The lowest BCUT2D eigenvalue weighted by molar-refractivity contribution is -0.119. The third-order valence-electron chi connectivity index (χ3n) is 3.79. The molecule has 27 heavy (non-hydrogen) atoms. The van der Waals surface area contributed by atoms with Crippen molar-refractivity contribution in [3.05, 3.63) is 53.0 Å². The van der Waals surface area contributed by atoms with Crippen LogP contribution in [0.15, 0.2) is 58.0 Å². The van der Waals surface area contributed by atoms with Gasteiger partial charge in [0.2, 0.25) is 5.91 Å². The van der Waals surface area contributed by atoms with Crippen LogP contribution >= 0.6 is 27.7 Å². The molecule has 0 saturated carbocycles. The summed E-state index contributed by atoms with van der Waals surface area (Å²) in [6, 6.07) is 14.9. The Kier molecular flexibility index (Phi) is 6.08. The first-order valence-electron chi connectivity index (χ1n) is 8.20. The summed E-state index contributed by atoms with van der Waals surface area (Å²) in [4.78, 5) is 32.9. The van der Waals surface area contributed by atoms with Gasteiger partial charge in [-0.2, -0.15) is 0 Å². The van der Waals surface area contributed by atoms with Gasteiger partial charge in [0.1, 0.15) is 5.03 Å². The summed E-state index contributed by atoms with van der Waals surface area (Å²) in [5.41, 5.74) is 1.68. The Labute approximate surface area is 169 Å². The standard InChI is InChI=1S/C19H17BrN4O2S/c1-11(17(25)24-19(26)21-2)27-18-14-5-3-4-6-15(14)22-16(23-18)12-7-9-13(20)10-8-12/h3-11H,1-2H3,(H2,21,24,25,26). The van der Waals surface area contributed by atoms with Gasteiger partial charge in [0.05, 0.1) is 10.8 Å². The molecule has 138 valence electrons. The van der Waals surface area contributed by atoms with E-state index in [0.717, 1.165) is 20.9 Å². The van der Waals surface area contributed by atoms with Crippen molar-refractivity contribution in [1.82, 2.24) is 20.6 Å². The number of benzene rings is 2. The van der Waals surface area contributed by atoms with E-state index in [-0.39, 0.29) is 5.91 Å². The van der Waals surface area contributed by atoms with Crippen molar-refractivity contribution in [2.24, 2.45) is 0 Å². The summed E-state index contributed by atoms with van der Waals surface area (Å²) in [6.45, 7) is 1.74. The number of urea groups is 1. The van der Waals surface area contributed by atoms with Gasteiger partial charge in [-0.3, -0.25) is 10.1 Å². The van der Waals surface area contributed by atoms with Crippen LogP contribution < -0.4 is 10.6 Å². The second kappa shape index (κ2) is 8.49. The molecular formula is C19H17BrN4O2S. The van der Waals surface area contributed by atoms with Gasteiger partial charge in [0.15, 0.2) is 5.82 Å². The largest absolute Gasteiger partial charge is 0.341 e. The molecule has 8 heteroatoms. The zero-order valence-electron chi connectivity index (χ0n) is 14.7. The van der Waals surface area contributed by atoms with E-state index in [1.54, 1.807) is 6.92 Å². The van der Waals surface area contributed by atoms with Gasteiger partial charge >= 0.3 is 6.03 Å². The van der Waals surface area contributed by atoms with Gasteiger partial charge in [-0.1, -0.05) is 58.0 Å². The second-order valence-electron chi connectivity index (χ2n) is 5.70. The van der Waals surface area contributed by atoms with Crippen LogP contribution in [0.3, 0.4) is 0 Å². The van der Waals surface area contributed by atoms with Crippen LogP contribution in [0.2, 0.25) is 0 Å². The molecule has 0 aliphatic heterocycles. The fourth-order valence-corrected chi connectivity index (χ4v) is 3.57. The molecule has 3 aromatic rings. The third-order valence-corrected chi connectivity index (χ3v) is 5.42. The van der Waals surface area contributed by atoms with Gasteiger partial charge in [-0.25, -0.2) is 14.8 Å². The monoisotopic (exact) mass is 444 g/mol.